The molecule has 0 atom stereocenters. The lowest BCUT2D eigenvalue weighted by Crippen LogP contribution is -2.52. The summed E-state index contributed by atoms with van der Waals surface area (Å²) >= 11 is 6.75. The van der Waals surface area contributed by atoms with E-state index in [0.717, 1.165) is 30.9 Å². The number of carboxylic acids is 1. The molecule has 1 fully saturated rings. The van der Waals surface area contributed by atoms with E-state index in [1.165, 1.54) is 63.4 Å². The number of hydrogen-bond donors (Lipinski definition) is 6. The highest BCUT2D eigenvalue weighted by atomic mass is 79.9. The first-order chi connectivity index (χ1) is 44.9. The number of nitrogens with one attached hydrogen (secondary N) is 5. The van der Waals surface area contributed by atoms with Gasteiger partial charge in [0, 0.05) is 84.2 Å². The molecule has 12 rings (SSSR count). The molecule has 29 nitrogen and oxygen atoms in total. The van der Waals surface area contributed by atoms with Gasteiger partial charge in [0.05, 0.1) is 120 Å². The van der Waals surface area contributed by atoms with Crippen molar-refractivity contribution >= 4 is 127 Å². The quantitative estimate of drug-likeness (QED) is 0.0288. The van der Waals surface area contributed by atoms with Crippen molar-refractivity contribution in [1.82, 2.24) is 59.6 Å². The number of pyridine rings is 5. The van der Waals surface area contributed by atoms with Gasteiger partial charge >= 0.3 is 11.9 Å². The first-order valence-corrected chi connectivity index (χ1v) is 28.7. The van der Waals surface area contributed by atoms with Crippen molar-refractivity contribution in [2.45, 2.75) is 14.4 Å². The van der Waals surface area contributed by atoms with E-state index in [1.54, 1.807) is 61.8 Å². The number of nitriles is 4. The first kappa shape index (κ1) is 69.2. The van der Waals surface area contributed by atoms with E-state index in [2.05, 4.69) is 86.4 Å². The number of amides is 2. The summed E-state index contributed by atoms with van der Waals surface area (Å²) in [7, 11) is 5.78. The number of hydrogen-bond acceptors (Lipinski definition) is 21. The number of aliphatic carboxylic acids is 1. The molecule has 94 heavy (non-hydrogen) atoms. The second-order valence-electron chi connectivity index (χ2n) is 18.9. The Labute approximate surface area is 549 Å². The number of carboxylic acid groups (broad SMARTS) is 1. The normalized spacial score (nSPS) is 11.2. The molecule has 1 aliphatic rings. The summed E-state index contributed by atoms with van der Waals surface area (Å²) in [5.74, 6) is -4.37. The number of aromatic amines is 5. The van der Waals surface area contributed by atoms with Gasteiger partial charge in [-0.3, -0.25) is 24.0 Å². The summed E-state index contributed by atoms with van der Waals surface area (Å²) in [4.78, 5) is 121. The van der Waals surface area contributed by atoms with E-state index < -0.39 is 35.2 Å². The second-order valence-corrected chi connectivity index (χ2v) is 20.5. The Hall–Kier alpha value is -12.3. The smallest absolute Gasteiger partial charge is 0.379 e. The highest BCUT2D eigenvalue weighted by Gasteiger charge is 2.32. The van der Waals surface area contributed by atoms with Gasteiger partial charge in [0.1, 0.15) is 51.9 Å². The third-order valence-electron chi connectivity index (χ3n) is 13.8. The van der Waals surface area contributed by atoms with Gasteiger partial charge < -0.3 is 63.5 Å². The Morgan fingerprint density at radius 3 is 1.37 bits per heavy atom. The van der Waals surface area contributed by atoms with E-state index in [1.807, 2.05) is 48.7 Å². The number of H-pyrrole nitrogens is 5. The van der Waals surface area contributed by atoms with E-state index in [0.29, 0.717) is 63.4 Å². The Bertz CT molecular complexity index is 4850. The van der Waals surface area contributed by atoms with Gasteiger partial charge in [-0.05, 0) is 63.0 Å². The number of piperazine rings is 1. The zero-order valence-corrected chi connectivity index (χ0v) is 52.5. The van der Waals surface area contributed by atoms with Crippen molar-refractivity contribution in [3.8, 4) is 47.3 Å². The lowest BCUT2D eigenvalue weighted by atomic mass is 10.1. The Morgan fingerprint density at radius 1 is 0.521 bits per heavy atom. The lowest BCUT2D eigenvalue weighted by molar-refractivity contribution is -0.137. The van der Waals surface area contributed by atoms with E-state index in [-0.39, 0.29) is 83.5 Å². The van der Waals surface area contributed by atoms with Crippen LogP contribution < -0.4 is 18.9 Å². The fourth-order valence-corrected chi connectivity index (χ4v) is 10.3. The summed E-state index contributed by atoms with van der Waals surface area (Å²) in [6.45, 7) is 2.91. The molecule has 11 aromatic rings. The molecule has 0 aliphatic carbocycles. The number of benzene rings is 1. The first-order valence-electron chi connectivity index (χ1n) is 27.1. The van der Waals surface area contributed by atoms with Crippen LogP contribution in [0.5, 0.6) is 23.0 Å². The number of rotatable bonds is 12. The molecular weight excluding hydrogens is 1350 g/mol. The van der Waals surface area contributed by atoms with Gasteiger partial charge in [0.25, 0.3) is 29.2 Å². The molecule has 0 radical (unpaired) electrons. The van der Waals surface area contributed by atoms with E-state index in [9.17, 15) is 38.8 Å². The second kappa shape index (κ2) is 31.4. The summed E-state index contributed by atoms with van der Waals surface area (Å²) in [5.41, 5.74) is 4.14. The maximum absolute atomic E-state index is 13.0. The molecule has 31 heteroatoms. The van der Waals surface area contributed by atoms with Gasteiger partial charge in [0.2, 0.25) is 0 Å². The van der Waals surface area contributed by atoms with Crippen LogP contribution in [-0.4, -0.2) is 167 Å². The van der Waals surface area contributed by atoms with Crippen molar-refractivity contribution < 1.29 is 62.4 Å². The Kier molecular flexibility index (Phi) is 23.1. The van der Waals surface area contributed by atoms with Gasteiger partial charge in [-0.1, -0.05) is 25.6 Å². The molecule has 0 unspecified atom stereocenters. The number of carbonyl (C=O) groups excluding carboxylic acids is 6. The molecule has 11 heterocycles. The molecule has 6 N–H and O–H groups in total. The predicted molar refractivity (Wildman–Crippen MR) is 344 cm³/mol. The summed E-state index contributed by atoms with van der Waals surface area (Å²) in [5, 5.41) is 47.6. The van der Waals surface area contributed by atoms with Crippen molar-refractivity contribution in [3.05, 3.63) is 159 Å². The zero-order chi connectivity index (χ0) is 67.0. The van der Waals surface area contributed by atoms with Crippen molar-refractivity contribution in [1.29, 1.82) is 21.0 Å². The third-order valence-corrected chi connectivity index (χ3v) is 15.1. The van der Waals surface area contributed by atoms with Crippen LogP contribution in [-0.2, 0) is 19.1 Å². The molecule has 0 saturated carbocycles. The molecule has 10 aromatic heterocycles. The van der Waals surface area contributed by atoms with Gasteiger partial charge in [-0.15, -0.1) is 0 Å². The van der Waals surface area contributed by atoms with Crippen molar-refractivity contribution in [2.24, 2.45) is 0 Å². The fourth-order valence-electron chi connectivity index (χ4n) is 9.43. The topological polar surface area (TPSA) is 431 Å². The number of aromatic nitrogens is 10. The Morgan fingerprint density at radius 2 is 0.936 bits per heavy atom. The number of carbonyl (C=O) groups is 7. The number of ether oxygens (including phenoxy) is 5. The van der Waals surface area contributed by atoms with Gasteiger partial charge in [-0.25, -0.2) is 34.5 Å². The lowest BCUT2D eigenvalue weighted by Gasteiger charge is -2.34. The van der Waals surface area contributed by atoms with Crippen LogP contribution in [0.25, 0.3) is 54.5 Å². The minimum Gasteiger partial charge on any atom is -0.494 e. The average molecular weight is 1400 g/mol. The van der Waals surface area contributed by atoms with E-state index >= 15 is 0 Å². The van der Waals surface area contributed by atoms with E-state index in [4.69, 9.17) is 39.8 Å². The largest absolute Gasteiger partial charge is 0.494 e. The third kappa shape index (κ3) is 14.5. The number of esters is 1. The Balaban J connectivity index is 0.000000174. The molecule has 0 bridgehead atoms. The zero-order valence-electron chi connectivity index (χ0n) is 49.4. The highest BCUT2D eigenvalue weighted by molar-refractivity contribution is 9.11. The van der Waals surface area contributed by atoms with Crippen molar-refractivity contribution in [2.75, 3.05) is 61.2 Å². The fraction of sp³-hybridized carbons (Fsp3) is 0.175. The summed E-state index contributed by atoms with van der Waals surface area (Å²) < 4.78 is 27.0. The molecule has 1 aromatic carbocycles. The minimum absolute atomic E-state index is 0. The highest BCUT2D eigenvalue weighted by Crippen LogP contribution is 2.34. The van der Waals surface area contributed by atoms with Crippen molar-refractivity contribution in [3.63, 3.8) is 0 Å². The van der Waals surface area contributed by atoms with Crippen LogP contribution in [0.15, 0.2) is 114 Å². The van der Waals surface area contributed by atoms with Crippen LogP contribution in [0.3, 0.4) is 0 Å². The standard InChI is InChI=1S/C22H19N5O4.C13H11N3O4.C11H7N3O4.C9H7N3O.C7H4Br2N2.CH4/c1-31-17-13-24-16(11-23)19-18(17)15(12-25-19)20(28)22(30)27-9-7-26(8-10-27)21(29)14-5-3-2-4-6-14;1-3-20-13(18)12(17)7-5-16-11-8(4-14)15-6-9(19-2)10(7)11;1-18-7-4-13-6(2-12)9-8(7)5(3-14-9)10(15)11(16)17;1-13-8-5-12-7(4-10)9-6(8)2-3-11-9;8-5-3-11-7(9)6-4(5)1-2-10-6;/h2-6,12-13,25H,7-10H2,1H3;5-6,16H,3H2,1-2H3;3-4,14H,1H3,(H,16,17);2-3,5,11H,1H3;1-3,10H;1H4. The van der Waals surface area contributed by atoms with Crippen LogP contribution in [0.2, 0.25) is 0 Å². The number of nitrogens with zero attached hydrogens (tertiary/aromatic N) is 11. The maximum Gasteiger partial charge on any atom is 0.379 e. The number of halogens is 2. The van der Waals surface area contributed by atoms with Crippen LogP contribution in [0.4, 0.5) is 0 Å². The van der Waals surface area contributed by atoms with Crippen LogP contribution >= 0.6 is 31.9 Å². The number of Topliss-reactive ketones (excluding diaryl/α,β-unsaturated/α-hetero) is 3. The SMILES string of the molecule is Brc1cnc(Br)c2[nH]ccc12.C.CCOC(=O)C(=O)c1c[nH]c2c(C#N)ncc(OC)c12.COc1cnc(C#N)c2[nH]cc(C(=O)C(=O)N3CCN(C(=O)c4ccccc4)CC3)c12.COc1cnc(C#N)c2[nH]cc(C(=O)C(=O)O)c12.COc1cnc(C#N)c2[nH]ccc12. The summed E-state index contributed by atoms with van der Waals surface area (Å²) in [6, 6.07) is 20.5. The molecule has 2 amide bonds. The number of methoxy groups -OCH3 is 4. The number of fused-ring (bicyclic) bond motifs is 5. The molecule has 476 valence electrons. The number of ketones is 3. The molecular formula is C63H52Br2N16O13. The van der Waals surface area contributed by atoms with Crippen LogP contribution in [0, 0.1) is 45.3 Å². The van der Waals surface area contributed by atoms with Crippen LogP contribution in [0.1, 0.15) is 78.6 Å². The minimum atomic E-state index is -1.58. The molecule has 1 saturated heterocycles. The van der Waals surface area contributed by atoms with Gasteiger partial charge in [0.15, 0.2) is 22.8 Å². The maximum atomic E-state index is 13.0. The molecule has 0 spiro atoms. The predicted octanol–water partition coefficient (Wildman–Crippen LogP) is 8.68. The monoisotopic (exact) mass is 1400 g/mol. The summed E-state index contributed by atoms with van der Waals surface area (Å²) in [6.07, 6.45) is 14.9. The van der Waals surface area contributed by atoms with Gasteiger partial charge in [-0.2, -0.15) is 21.0 Å². The molecule has 1 aliphatic heterocycles. The average Bonchev–Trinajstić information content (AvgIpc) is 1.62.